The van der Waals surface area contributed by atoms with Gasteiger partial charge in [0.2, 0.25) is 4.96 Å². The van der Waals surface area contributed by atoms with E-state index in [1.54, 1.807) is 6.07 Å². The van der Waals surface area contributed by atoms with Crippen LogP contribution in [-0.2, 0) is 0 Å². The maximum atomic E-state index is 9.57. The first-order valence-corrected chi connectivity index (χ1v) is 7.06. The molecule has 1 fully saturated rings. The molecular formula is C13H12N4OS. The molecule has 0 unspecified atom stereocenters. The van der Waals surface area contributed by atoms with Gasteiger partial charge in [-0.05, 0) is 43.5 Å². The van der Waals surface area contributed by atoms with Crippen molar-refractivity contribution < 1.29 is 5.11 Å². The van der Waals surface area contributed by atoms with Gasteiger partial charge in [0.15, 0.2) is 5.82 Å². The Morgan fingerprint density at radius 3 is 2.89 bits per heavy atom. The van der Waals surface area contributed by atoms with Crippen molar-refractivity contribution in [3.8, 4) is 16.3 Å². The Morgan fingerprint density at radius 2 is 2.16 bits per heavy atom. The molecule has 2 heterocycles. The van der Waals surface area contributed by atoms with Crippen molar-refractivity contribution in [2.75, 3.05) is 0 Å². The summed E-state index contributed by atoms with van der Waals surface area (Å²) in [4.78, 5) is 0.836. The molecule has 1 aromatic carbocycles. The fraction of sp³-hybridized carbons (Fsp3) is 0.308. The molecule has 1 aliphatic rings. The van der Waals surface area contributed by atoms with Gasteiger partial charge in [-0.1, -0.05) is 11.3 Å². The maximum absolute atomic E-state index is 9.57. The number of aryl methyl sites for hydroxylation is 1. The minimum Gasteiger partial charge on any atom is -0.508 e. The molecule has 3 aromatic rings. The van der Waals surface area contributed by atoms with Crippen LogP contribution in [0.3, 0.4) is 0 Å². The lowest BCUT2D eigenvalue weighted by molar-refractivity contribution is 0.471. The quantitative estimate of drug-likeness (QED) is 0.779. The van der Waals surface area contributed by atoms with Gasteiger partial charge in [0.1, 0.15) is 10.8 Å². The van der Waals surface area contributed by atoms with Crippen LogP contribution in [0.2, 0.25) is 0 Å². The number of rotatable bonds is 2. The molecule has 0 aliphatic heterocycles. The Balaban J connectivity index is 1.84. The van der Waals surface area contributed by atoms with Crippen molar-refractivity contribution in [3.63, 3.8) is 0 Å². The van der Waals surface area contributed by atoms with E-state index in [0.717, 1.165) is 26.9 Å². The molecule has 4 rings (SSSR count). The lowest BCUT2D eigenvalue weighted by atomic mass is 10.1. The van der Waals surface area contributed by atoms with Crippen molar-refractivity contribution in [2.45, 2.75) is 25.7 Å². The topological polar surface area (TPSA) is 63.3 Å². The summed E-state index contributed by atoms with van der Waals surface area (Å²) in [5.74, 6) is 1.82. The molecule has 1 N–H and O–H groups in total. The van der Waals surface area contributed by atoms with Crippen LogP contribution in [0.4, 0.5) is 0 Å². The van der Waals surface area contributed by atoms with Crippen molar-refractivity contribution in [2.24, 2.45) is 0 Å². The third-order valence-corrected chi connectivity index (χ3v) is 4.35. The molecule has 96 valence electrons. The Labute approximate surface area is 113 Å². The van der Waals surface area contributed by atoms with Gasteiger partial charge >= 0.3 is 0 Å². The summed E-state index contributed by atoms with van der Waals surface area (Å²) in [6.45, 7) is 1.88. The van der Waals surface area contributed by atoms with E-state index < -0.39 is 0 Å². The van der Waals surface area contributed by atoms with Crippen LogP contribution in [0.25, 0.3) is 15.5 Å². The highest BCUT2D eigenvalue weighted by Gasteiger charge is 2.30. The van der Waals surface area contributed by atoms with Crippen molar-refractivity contribution in [3.05, 3.63) is 29.6 Å². The number of hydrogen-bond acceptors (Lipinski definition) is 5. The van der Waals surface area contributed by atoms with Gasteiger partial charge in [-0.2, -0.15) is 9.61 Å². The second kappa shape index (κ2) is 3.77. The van der Waals surface area contributed by atoms with E-state index in [1.807, 2.05) is 23.6 Å². The van der Waals surface area contributed by atoms with Crippen LogP contribution in [0.1, 0.15) is 30.1 Å². The predicted octanol–water partition coefficient (Wildman–Crippen LogP) is 2.74. The molecule has 6 heteroatoms. The molecular weight excluding hydrogens is 260 g/mol. The highest BCUT2D eigenvalue weighted by molar-refractivity contribution is 7.19. The van der Waals surface area contributed by atoms with E-state index >= 15 is 0 Å². The molecule has 0 bridgehead atoms. The lowest BCUT2D eigenvalue weighted by Gasteiger charge is -2.00. The number of benzene rings is 1. The van der Waals surface area contributed by atoms with Crippen LogP contribution in [-0.4, -0.2) is 24.9 Å². The van der Waals surface area contributed by atoms with Gasteiger partial charge in [-0.15, -0.1) is 10.2 Å². The van der Waals surface area contributed by atoms with Crippen molar-refractivity contribution >= 4 is 16.3 Å². The Morgan fingerprint density at radius 1 is 1.32 bits per heavy atom. The average molecular weight is 272 g/mol. The van der Waals surface area contributed by atoms with Gasteiger partial charge in [0.05, 0.1) is 0 Å². The van der Waals surface area contributed by atoms with Crippen molar-refractivity contribution in [1.29, 1.82) is 0 Å². The van der Waals surface area contributed by atoms with Gasteiger partial charge < -0.3 is 5.11 Å². The lowest BCUT2D eigenvalue weighted by Crippen LogP contribution is -1.93. The molecule has 2 aromatic heterocycles. The average Bonchev–Trinajstić information content (AvgIpc) is 3.01. The van der Waals surface area contributed by atoms with Crippen LogP contribution in [0.5, 0.6) is 5.75 Å². The van der Waals surface area contributed by atoms with E-state index in [1.165, 1.54) is 24.2 Å². The maximum Gasteiger partial charge on any atom is 0.234 e. The second-order valence-corrected chi connectivity index (χ2v) is 5.89. The number of aromatic nitrogens is 4. The van der Waals surface area contributed by atoms with E-state index in [9.17, 15) is 5.11 Å². The zero-order valence-corrected chi connectivity index (χ0v) is 11.2. The first-order chi connectivity index (χ1) is 9.22. The van der Waals surface area contributed by atoms with Crippen LogP contribution in [0.15, 0.2) is 18.2 Å². The normalized spacial score (nSPS) is 15.2. The molecule has 0 saturated heterocycles. The van der Waals surface area contributed by atoms with E-state index in [0.29, 0.717) is 11.7 Å². The van der Waals surface area contributed by atoms with Gasteiger partial charge in [0, 0.05) is 11.5 Å². The minimum atomic E-state index is 0.311. The van der Waals surface area contributed by atoms with Gasteiger partial charge in [0.25, 0.3) is 0 Å². The molecule has 0 atom stereocenters. The summed E-state index contributed by atoms with van der Waals surface area (Å²) in [5.41, 5.74) is 1.86. The summed E-state index contributed by atoms with van der Waals surface area (Å²) >= 11 is 1.53. The fourth-order valence-electron chi connectivity index (χ4n) is 2.13. The summed E-state index contributed by atoms with van der Waals surface area (Å²) < 4.78 is 1.86. The third kappa shape index (κ3) is 1.71. The molecule has 1 aliphatic carbocycles. The molecule has 0 radical (unpaired) electrons. The summed E-state index contributed by atoms with van der Waals surface area (Å²) in [6.07, 6.45) is 2.37. The molecule has 0 amide bonds. The number of fused-ring (bicyclic) bond motifs is 1. The van der Waals surface area contributed by atoms with E-state index in [-0.39, 0.29) is 0 Å². The molecule has 0 spiro atoms. The largest absolute Gasteiger partial charge is 0.508 e. The molecule has 1 saturated carbocycles. The van der Waals surface area contributed by atoms with Crippen LogP contribution in [0, 0.1) is 6.92 Å². The number of hydrogen-bond donors (Lipinski definition) is 1. The van der Waals surface area contributed by atoms with E-state index in [4.69, 9.17) is 0 Å². The summed E-state index contributed by atoms with van der Waals surface area (Å²) in [5, 5.41) is 23.5. The van der Waals surface area contributed by atoms with Crippen LogP contribution < -0.4 is 0 Å². The first-order valence-electron chi connectivity index (χ1n) is 6.24. The highest BCUT2D eigenvalue weighted by atomic mass is 32.1. The fourth-order valence-corrected chi connectivity index (χ4v) is 2.98. The first kappa shape index (κ1) is 10.9. The van der Waals surface area contributed by atoms with E-state index in [2.05, 4.69) is 15.3 Å². The molecule has 5 nitrogen and oxygen atoms in total. The smallest absolute Gasteiger partial charge is 0.234 e. The van der Waals surface area contributed by atoms with Gasteiger partial charge in [-0.25, -0.2) is 0 Å². The number of phenols is 1. The minimum absolute atomic E-state index is 0.311. The third-order valence-electron chi connectivity index (χ3n) is 3.40. The number of nitrogens with zero attached hydrogens (tertiary/aromatic N) is 4. The Bertz CT molecular complexity index is 772. The van der Waals surface area contributed by atoms with Crippen LogP contribution >= 0.6 is 11.3 Å². The summed E-state index contributed by atoms with van der Waals surface area (Å²) in [7, 11) is 0. The second-order valence-electron chi connectivity index (χ2n) is 4.94. The number of phenolic OH excluding ortho intramolecular Hbond substituents is 1. The SMILES string of the molecule is Cc1cc(-c2nn3c(C4CC4)nnc3s2)ccc1O. The standard InChI is InChI=1S/C13H12N4OS/c1-7-6-9(4-5-10(7)18)12-16-17-11(8-2-3-8)14-15-13(17)19-12/h4-6,8,18H,2-3H2,1H3. The zero-order valence-electron chi connectivity index (χ0n) is 10.4. The predicted molar refractivity (Wildman–Crippen MR) is 72.5 cm³/mol. The van der Waals surface area contributed by atoms with Crippen molar-refractivity contribution in [1.82, 2.24) is 19.8 Å². The Kier molecular flexibility index (Phi) is 2.17. The highest BCUT2D eigenvalue weighted by Crippen LogP contribution is 2.40. The Hall–Kier alpha value is -1.95. The number of aromatic hydroxyl groups is 1. The van der Waals surface area contributed by atoms with Gasteiger partial charge in [-0.3, -0.25) is 0 Å². The molecule has 19 heavy (non-hydrogen) atoms. The monoisotopic (exact) mass is 272 g/mol. The summed E-state index contributed by atoms with van der Waals surface area (Å²) in [6, 6.07) is 5.53. The zero-order chi connectivity index (χ0) is 13.0.